The van der Waals surface area contributed by atoms with Crippen LogP contribution in [0.3, 0.4) is 0 Å². The summed E-state index contributed by atoms with van der Waals surface area (Å²) in [6.45, 7) is 2.69. The standard InChI is InChI=1S/C2H3F.Ag/c1-2-3;/h2H,1H2;. The van der Waals surface area contributed by atoms with Gasteiger partial charge in [0, 0.05) is 22.4 Å². The summed E-state index contributed by atoms with van der Waals surface area (Å²) in [5, 5.41) is 0. The molecule has 0 aromatic rings. The van der Waals surface area contributed by atoms with E-state index in [2.05, 4.69) is 6.58 Å². The van der Waals surface area contributed by atoms with Crippen LogP contribution in [0, 0.1) is 0 Å². The van der Waals surface area contributed by atoms with E-state index in [1.807, 2.05) is 0 Å². The molecule has 0 fully saturated rings. The summed E-state index contributed by atoms with van der Waals surface area (Å²) in [7, 11) is 0. The molecule has 0 nitrogen and oxygen atoms in total. The fourth-order valence-corrected chi connectivity index (χ4v) is 0. The Morgan fingerprint density at radius 2 is 1.75 bits per heavy atom. The molecular weight excluding hydrogens is 151 g/mol. The van der Waals surface area contributed by atoms with E-state index in [-0.39, 0.29) is 28.7 Å². The normalized spacial score (nSPS) is 3.25. The summed E-state index contributed by atoms with van der Waals surface area (Å²) in [5.41, 5.74) is 0. The smallest absolute Gasteiger partial charge is 0.0795 e. The van der Waals surface area contributed by atoms with E-state index in [9.17, 15) is 4.39 Å². The molecule has 0 aliphatic rings. The Hall–Kier alpha value is 0.410. The monoisotopic (exact) mass is 153 g/mol. The first-order valence-electron chi connectivity index (χ1n) is 0.626. The maximum Gasteiger partial charge on any atom is 0.0795 e. The molecule has 0 aliphatic carbocycles. The van der Waals surface area contributed by atoms with Crippen LogP contribution in [0.1, 0.15) is 0 Å². The fourth-order valence-electron chi connectivity index (χ4n) is 0. The molecule has 4 heavy (non-hydrogen) atoms. The van der Waals surface area contributed by atoms with E-state index in [0.717, 1.165) is 0 Å². The molecule has 0 rings (SSSR count). The predicted molar refractivity (Wildman–Crippen MR) is 11.3 cm³/mol. The van der Waals surface area contributed by atoms with Crippen molar-refractivity contribution >= 4 is 0 Å². The molecule has 0 amide bonds. The summed E-state index contributed by atoms with van der Waals surface area (Å²) in [4.78, 5) is 0. The minimum absolute atomic E-state index is 0. The average molecular weight is 154 g/mol. The summed E-state index contributed by atoms with van der Waals surface area (Å²) in [6, 6.07) is 0. The zero-order chi connectivity index (χ0) is 2.71. The zero-order valence-electron chi connectivity index (χ0n) is 1.96. The Morgan fingerprint density at radius 1 is 1.75 bits per heavy atom. The molecule has 0 aromatic carbocycles. The molecule has 0 heterocycles. The molecule has 0 N–H and O–H groups in total. The van der Waals surface area contributed by atoms with Gasteiger partial charge in [-0.1, -0.05) is 6.58 Å². The molecule has 0 aliphatic heterocycles. The van der Waals surface area contributed by atoms with Crippen molar-refractivity contribution in [1.82, 2.24) is 0 Å². The molecule has 2 heteroatoms. The Labute approximate surface area is 40.2 Å². The van der Waals surface area contributed by atoms with Crippen LogP contribution >= 0.6 is 0 Å². The Bertz CT molecular complexity index is 13.5. The zero-order valence-corrected chi connectivity index (χ0v) is 3.45. The number of hydrogen-bond acceptors (Lipinski definition) is 0. The van der Waals surface area contributed by atoms with Crippen molar-refractivity contribution in [3.8, 4) is 0 Å². The third-order valence-electron chi connectivity index (χ3n) is 0. The van der Waals surface area contributed by atoms with Crippen molar-refractivity contribution in [3.63, 3.8) is 0 Å². The molecule has 0 aromatic heterocycles. The molecule has 0 bridgehead atoms. The van der Waals surface area contributed by atoms with Gasteiger partial charge in [-0.05, 0) is 0 Å². The minimum Gasteiger partial charge on any atom is -0.216 e. The Morgan fingerprint density at radius 3 is 1.75 bits per heavy atom. The van der Waals surface area contributed by atoms with Crippen molar-refractivity contribution in [3.05, 3.63) is 12.9 Å². The second kappa shape index (κ2) is 9.96. The van der Waals surface area contributed by atoms with Crippen molar-refractivity contribution in [2.45, 2.75) is 0 Å². The van der Waals surface area contributed by atoms with E-state index in [1.165, 1.54) is 0 Å². The SMILES string of the molecule is C=CF.[Ag]. The van der Waals surface area contributed by atoms with Gasteiger partial charge in [0.2, 0.25) is 0 Å². The van der Waals surface area contributed by atoms with Gasteiger partial charge in [-0.3, -0.25) is 0 Å². The van der Waals surface area contributed by atoms with Gasteiger partial charge in [-0.2, -0.15) is 0 Å². The van der Waals surface area contributed by atoms with E-state index in [1.54, 1.807) is 0 Å². The molecule has 0 spiro atoms. The van der Waals surface area contributed by atoms with Crippen molar-refractivity contribution in [2.75, 3.05) is 0 Å². The summed E-state index contributed by atoms with van der Waals surface area (Å²) in [5.74, 6) is 0. The molecule has 1 radical (unpaired) electrons. The third kappa shape index (κ3) is 28.5. The maximum absolute atomic E-state index is 10.1. The minimum atomic E-state index is 0. The number of hydrogen-bond donors (Lipinski definition) is 0. The van der Waals surface area contributed by atoms with Crippen LogP contribution in [-0.4, -0.2) is 0 Å². The van der Waals surface area contributed by atoms with Gasteiger partial charge in [0.25, 0.3) is 0 Å². The summed E-state index contributed by atoms with van der Waals surface area (Å²) >= 11 is 0. The Kier molecular flexibility index (Phi) is 22.0. The first-order valence-corrected chi connectivity index (χ1v) is 0.626. The van der Waals surface area contributed by atoms with Crippen molar-refractivity contribution in [2.24, 2.45) is 0 Å². The van der Waals surface area contributed by atoms with Gasteiger partial charge in [-0.25, -0.2) is 4.39 Å². The van der Waals surface area contributed by atoms with E-state index < -0.39 is 0 Å². The topological polar surface area (TPSA) is 0 Å². The van der Waals surface area contributed by atoms with Crippen LogP contribution in [-0.2, 0) is 22.4 Å². The van der Waals surface area contributed by atoms with Crippen molar-refractivity contribution in [1.29, 1.82) is 0 Å². The Balaban J connectivity index is 0. The van der Waals surface area contributed by atoms with Crippen LogP contribution in [0.15, 0.2) is 12.9 Å². The molecule has 29 valence electrons. The molecular formula is C2H3AgF. The maximum atomic E-state index is 10.1. The average Bonchev–Trinajstić information content (AvgIpc) is 0.918. The molecule has 0 saturated carbocycles. The second-order valence-corrected chi connectivity index (χ2v) is 0.154. The van der Waals surface area contributed by atoms with Gasteiger partial charge >= 0.3 is 0 Å². The summed E-state index contributed by atoms with van der Waals surface area (Å²) in [6.07, 6.45) is 0.250. The largest absolute Gasteiger partial charge is 0.216 e. The van der Waals surface area contributed by atoms with Gasteiger partial charge in [0.1, 0.15) is 0 Å². The number of rotatable bonds is 0. The van der Waals surface area contributed by atoms with Crippen LogP contribution in [0.2, 0.25) is 0 Å². The van der Waals surface area contributed by atoms with Crippen molar-refractivity contribution < 1.29 is 26.8 Å². The number of halogens is 1. The molecule has 0 atom stereocenters. The van der Waals surface area contributed by atoms with E-state index in [4.69, 9.17) is 0 Å². The van der Waals surface area contributed by atoms with Crippen LogP contribution in [0.25, 0.3) is 0 Å². The van der Waals surface area contributed by atoms with Crippen LogP contribution < -0.4 is 0 Å². The van der Waals surface area contributed by atoms with Gasteiger partial charge in [0.15, 0.2) is 0 Å². The predicted octanol–water partition coefficient (Wildman–Crippen LogP) is 1.10. The quantitative estimate of drug-likeness (QED) is 0.458. The van der Waals surface area contributed by atoms with E-state index in [0.29, 0.717) is 0 Å². The fraction of sp³-hybridized carbons (Fsp3) is 0. The second-order valence-electron chi connectivity index (χ2n) is 0.154. The van der Waals surface area contributed by atoms with Crippen LogP contribution in [0.5, 0.6) is 0 Å². The van der Waals surface area contributed by atoms with Gasteiger partial charge < -0.3 is 0 Å². The first-order chi connectivity index (χ1) is 1.41. The van der Waals surface area contributed by atoms with E-state index >= 15 is 0 Å². The van der Waals surface area contributed by atoms with Crippen LogP contribution in [0.4, 0.5) is 4.39 Å². The third-order valence-corrected chi connectivity index (χ3v) is 0. The first kappa shape index (κ1) is 8.83. The molecule has 0 unspecified atom stereocenters. The molecule has 0 saturated heterocycles. The summed E-state index contributed by atoms with van der Waals surface area (Å²) < 4.78 is 10.1. The van der Waals surface area contributed by atoms with Gasteiger partial charge in [-0.15, -0.1) is 0 Å². The van der Waals surface area contributed by atoms with Gasteiger partial charge in [0.05, 0.1) is 6.33 Å².